The minimum absolute atomic E-state index is 0.138. The molecule has 110 valence electrons. The molecular formula is C13H22N6O. The number of rotatable bonds is 6. The van der Waals surface area contributed by atoms with Crippen LogP contribution >= 0.6 is 0 Å². The summed E-state index contributed by atoms with van der Waals surface area (Å²) in [6, 6.07) is 0. The van der Waals surface area contributed by atoms with Crippen molar-refractivity contribution in [1.82, 2.24) is 25.2 Å². The molecule has 2 aromatic rings. The molecule has 7 heteroatoms. The zero-order chi connectivity index (χ0) is 14.6. The van der Waals surface area contributed by atoms with Crippen LogP contribution in [-0.4, -0.2) is 31.7 Å². The Morgan fingerprint density at radius 1 is 1.20 bits per heavy atom. The molecule has 0 aliphatic carbocycles. The molecule has 0 spiro atoms. The van der Waals surface area contributed by atoms with Crippen LogP contribution in [-0.2, 0) is 18.4 Å². The quantitative estimate of drug-likeness (QED) is 0.800. The maximum atomic E-state index is 5.63. The van der Waals surface area contributed by atoms with Crippen LogP contribution in [0.15, 0.2) is 10.6 Å². The summed E-state index contributed by atoms with van der Waals surface area (Å²) in [5.74, 6) is 1.18. The van der Waals surface area contributed by atoms with Gasteiger partial charge >= 0.3 is 0 Å². The predicted octanol–water partition coefficient (Wildman–Crippen LogP) is 1.29. The van der Waals surface area contributed by atoms with Crippen molar-refractivity contribution in [2.75, 3.05) is 6.54 Å². The fourth-order valence-electron chi connectivity index (χ4n) is 1.74. The summed E-state index contributed by atoms with van der Waals surface area (Å²) in [7, 11) is 0. The van der Waals surface area contributed by atoms with E-state index in [4.69, 9.17) is 10.2 Å². The van der Waals surface area contributed by atoms with Crippen LogP contribution in [0.3, 0.4) is 0 Å². The molecule has 2 rings (SSSR count). The van der Waals surface area contributed by atoms with E-state index in [2.05, 4.69) is 20.5 Å². The lowest BCUT2D eigenvalue weighted by atomic mass is 9.97. The van der Waals surface area contributed by atoms with Crippen molar-refractivity contribution >= 4 is 0 Å². The monoisotopic (exact) mass is 278 g/mol. The summed E-state index contributed by atoms with van der Waals surface area (Å²) in [5.41, 5.74) is 6.30. The van der Waals surface area contributed by atoms with Gasteiger partial charge in [0.25, 0.3) is 0 Å². The highest BCUT2D eigenvalue weighted by Crippen LogP contribution is 2.20. The average Bonchev–Trinajstić information content (AvgIpc) is 2.99. The summed E-state index contributed by atoms with van der Waals surface area (Å²) in [4.78, 5) is 0. The van der Waals surface area contributed by atoms with E-state index in [9.17, 15) is 0 Å². The molecule has 0 radical (unpaired) electrons. The van der Waals surface area contributed by atoms with Gasteiger partial charge in [-0.2, -0.15) is 0 Å². The summed E-state index contributed by atoms with van der Waals surface area (Å²) in [5, 5.41) is 16.3. The SMILES string of the molecule is CC(C)(C)c1nnc(Cn2cc(CCCCN)nn2)o1. The third-order valence-electron chi connectivity index (χ3n) is 2.88. The topological polar surface area (TPSA) is 95.7 Å². The summed E-state index contributed by atoms with van der Waals surface area (Å²) >= 11 is 0. The second kappa shape index (κ2) is 6.13. The highest BCUT2D eigenvalue weighted by Gasteiger charge is 2.21. The van der Waals surface area contributed by atoms with Gasteiger partial charge in [-0.3, -0.25) is 0 Å². The molecule has 0 saturated carbocycles. The van der Waals surface area contributed by atoms with E-state index >= 15 is 0 Å². The van der Waals surface area contributed by atoms with Gasteiger partial charge < -0.3 is 10.2 Å². The van der Waals surface area contributed by atoms with Crippen molar-refractivity contribution < 1.29 is 4.42 Å². The summed E-state index contributed by atoms with van der Waals surface area (Å²) in [6.07, 6.45) is 4.85. The zero-order valence-corrected chi connectivity index (χ0v) is 12.3. The lowest BCUT2D eigenvalue weighted by molar-refractivity contribution is 0.362. The number of unbranched alkanes of at least 4 members (excludes halogenated alkanes) is 1. The van der Waals surface area contributed by atoms with E-state index in [1.54, 1.807) is 4.68 Å². The van der Waals surface area contributed by atoms with E-state index in [-0.39, 0.29) is 5.41 Å². The van der Waals surface area contributed by atoms with E-state index in [1.165, 1.54) is 0 Å². The lowest BCUT2D eigenvalue weighted by Gasteiger charge is -2.10. The third-order valence-corrected chi connectivity index (χ3v) is 2.88. The maximum Gasteiger partial charge on any atom is 0.238 e. The van der Waals surface area contributed by atoms with Crippen LogP contribution in [0, 0.1) is 0 Å². The van der Waals surface area contributed by atoms with Crippen molar-refractivity contribution in [2.24, 2.45) is 5.73 Å². The Morgan fingerprint density at radius 2 is 2.00 bits per heavy atom. The second-order valence-corrected chi connectivity index (χ2v) is 5.90. The minimum atomic E-state index is -0.138. The second-order valence-electron chi connectivity index (χ2n) is 5.90. The molecule has 2 aromatic heterocycles. The molecule has 0 atom stereocenters. The smallest absolute Gasteiger partial charge is 0.238 e. The summed E-state index contributed by atoms with van der Waals surface area (Å²) < 4.78 is 7.35. The molecule has 0 unspecified atom stereocenters. The number of hydrogen-bond donors (Lipinski definition) is 1. The van der Waals surface area contributed by atoms with Gasteiger partial charge in [0, 0.05) is 11.6 Å². The van der Waals surface area contributed by atoms with E-state index in [0.29, 0.717) is 24.9 Å². The molecule has 2 N–H and O–H groups in total. The van der Waals surface area contributed by atoms with E-state index < -0.39 is 0 Å². The first kappa shape index (κ1) is 14.6. The fraction of sp³-hybridized carbons (Fsp3) is 0.692. The molecule has 20 heavy (non-hydrogen) atoms. The number of aryl methyl sites for hydroxylation is 1. The molecule has 0 fully saturated rings. The molecule has 2 heterocycles. The minimum Gasteiger partial charge on any atom is -0.423 e. The third kappa shape index (κ3) is 3.86. The van der Waals surface area contributed by atoms with Crippen molar-refractivity contribution in [3.63, 3.8) is 0 Å². The summed E-state index contributed by atoms with van der Waals surface area (Å²) in [6.45, 7) is 7.28. The standard InChI is InChI=1S/C13H22N6O/c1-13(2,3)12-17-16-11(20-12)9-19-8-10(15-18-19)6-4-5-7-14/h8H,4-7,9,14H2,1-3H3. The fourth-order valence-corrected chi connectivity index (χ4v) is 1.74. The van der Waals surface area contributed by atoms with E-state index in [1.807, 2.05) is 27.0 Å². The Bertz CT molecular complexity index is 539. The normalized spacial score (nSPS) is 12.0. The Morgan fingerprint density at radius 3 is 2.65 bits per heavy atom. The van der Waals surface area contributed by atoms with Gasteiger partial charge in [0.1, 0.15) is 6.54 Å². The van der Waals surface area contributed by atoms with Crippen molar-refractivity contribution in [3.05, 3.63) is 23.7 Å². The zero-order valence-electron chi connectivity index (χ0n) is 12.3. The largest absolute Gasteiger partial charge is 0.423 e. The van der Waals surface area contributed by atoms with Crippen LogP contribution in [0.2, 0.25) is 0 Å². The molecule has 0 saturated heterocycles. The van der Waals surface area contributed by atoms with Gasteiger partial charge in [-0.05, 0) is 25.8 Å². The first-order valence-electron chi connectivity index (χ1n) is 6.91. The molecule has 0 amide bonds. The first-order valence-corrected chi connectivity index (χ1v) is 6.91. The highest BCUT2D eigenvalue weighted by atomic mass is 16.4. The van der Waals surface area contributed by atoms with Crippen LogP contribution in [0.1, 0.15) is 51.1 Å². The van der Waals surface area contributed by atoms with Crippen LogP contribution < -0.4 is 5.73 Å². The van der Waals surface area contributed by atoms with Gasteiger partial charge in [0.15, 0.2) is 0 Å². The number of nitrogens with zero attached hydrogens (tertiary/aromatic N) is 5. The van der Waals surface area contributed by atoms with Gasteiger partial charge in [0.05, 0.1) is 5.69 Å². The Hall–Kier alpha value is -1.76. The Labute approximate surface area is 118 Å². The Balaban J connectivity index is 1.95. The molecular weight excluding hydrogens is 256 g/mol. The van der Waals surface area contributed by atoms with Crippen molar-refractivity contribution in [2.45, 2.75) is 52.0 Å². The lowest BCUT2D eigenvalue weighted by Crippen LogP contribution is -2.11. The molecule has 0 bridgehead atoms. The van der Waals surface area contributed by atoms with Crippen LogP contribution in [0.5, 0.6) is 0 Å². The van der Waals surface area contributed by atoms with Gasteiger partial charge in [-0.25, -0.2) is 4.68 Å². The molecule has 0 aromatic carbocycles. The van der Waals surface area contributed by atoms with Crippen LogP contribution in [0.4, 0.5) is 0 Å². The van der Waals surface area contributed by atoms with Crippen molar-refractivity contribution in [1.29, 1.82) is 0 Å². The maximum absolute atomic E-state index is 5.63. The van der Waals surface area contributed by atoms with Crippen LogP contribution in [0.25, 0.3) is 0 Å². The van der Waals surface area contributed by atoms with Gasteiger partial charge in [0.2, 0.25) is 11.8 Å². The number of hydrogen-bond acceptors (Lipinski definition) is 6. The van der Waals surface area contributed by atoms with E-state index in [0.717, 1.165) is 25.0 Å². The van der Waals surface area contributed by atoms with Crippen molar-refractivity contribution in [3.8, 4) is 0 Å². The predicted molar refractivity (Wildman–Crippen MR) is 74.1 cm³/mol. The van der Waals surface area contributed by atoms with Gasteiger partial charge in [-0.1, -0.05) is 26.0 Å². The number of aromatic nitrogens is 5. The highest BCUT2D eigenvalue weighted by molar-refractivity contribution is 4.97. The Kier molecular flexibility index (Phi) is 4.49. The van der Waals surface area contributed by atoms with Gasteiger partial charge in [-0.15, -0.1) is 15.3 Å². The average molecular weight is 278 g/mol. The molecule has 7 nitrogen and oxygen atoms in total. The molecule has 0 aliphatic rings. The first-order chi connectivity index (χ1) is 9.49. The molecule has 0 aliphatic heterocycles. The number of nitrogens with two attached hydrogens (primary N) is 1.